The largest absolute Gasteiger partial charge is 0.395 e. The molecule has 2 aromatic heterocycles. The third-order valence-electron chi connectivity index (χ3n) is 3.33. The quantitative estimate of drug-likeness (QED) is 0.872. The van der Waals surface area contributed by atoms with Gasteiger partial charge in [0.15, 0.2) is 5.16 Å². The van der Waals surface area contributed by atoms with Gasteiger partial charge in [0.25, 0.3) is 0 Å². The fraction of sp³-hybridized carbons (Fsp3) is 0.583. The topological polar surface area (TPSA) is 94.5 Å². The minimum Gasteiger partial charge on any atom is -0.395 e. The molecular weight excluding hydrogens is 276 g/mol. The maximum absolute atomic E-state index is 11.8. The molecule has 3 rings (SSSR count). The van der Waals surface area contributed by atoms with Crippen LogP contribution >= 0.6 is 11.8 Å². The van der Waals surface area contributed by atoms with E-state index in [1.54, 1.807) is 4.57 Å². The molecule has 20 heavy (non-hydrogen) atoms. The van der Waals surface area contributed by atoms with E-state index in [4.69, 9.17) is 5.73 Å². The number of nitrogen functional groups attached to an aromatic ring is 1. The maximum Gasteiger partial charge on any atom is 0.344 e. The first-order chi connectivity index (χ1) is 9.61. The summed E-state index contributed by atoms with van der Waals surface area (Å²) in [5.41, 5.74) is 7.44. The van der Waals surface area contributed by atoms with Gasteiger partial charge in [-0.1, -0.05) is 6.92 Å². The van der Waals surface area contributed by atoms with Crippen molar-refractivity contribution in [1.29, 1.82) is 0 Å². The van der Waals surface area contributed by atoms with Gasteiger partial charge in [-0.15, -0.1) is 5.10 Å². The van der Waals surface area contributed by atoms with Gasteiger partial charge in [-0.2, -0.15) is 5.10 Å². The van der Waals surface area contributed by atoms with E-state index in [0.717, 1.165) is 36.5 Å². The number of aryl methyl sites for hydroxylation is 2. The van der Waals surface area contributed by atoms with Crippen LogP contribution < -0.4 is 11.4 Å². The number of rotatable bonds is 5. The van der Waals surface area contributed by atoms with Gasteiger partial charge >= 0.3 is 5.69 Å². The van der Waals surface area contributed by atoms with Crippen molar-refractivity contribution in [2.45, 2.75) is 55.9 Å². The van der Waals surface area contributed by atoms with Crippen LogP contribution in [0.25, 0.3) is 0 Å². The van der Waals surface area contributed by atoms with Crippen LogP contribution in [-0.4, -0.2) is 24.5 Å². The van der Waals surface area contributed by atoms with Crippen LogP contribution in [0.3, 0.4) is 0 Å². The monoisotopic (exact) mass is 294 g/mol. The molecule has 7 nitrogen and oxygen atoms in total. The van der Waals surface area contributed by atoms with Crippen molar-refractivity contribution in [2.75, 3.05) is 5.73 Å². The summed E-state index contributed by atoms with van der Waals surface area (Å²) in [5.74, 6) is 0. The lowest BCUT2D eigenvalue weighted by atomic mass is 10.4. The summed E-state index contributed by atoms with van der Waals surface area (Å²) in [5, 5.41) is 12.6. The van der Waals surface area contributed by atoms with Crippen molar-refractivity contribution in [3.8, 4) is 0 Å². The third-order valence-corrected chi connectivity index (χ3v) is 4.43. The van der Waals surface area contributed by atoms with E-state index in [-0.39, 0.29) is 11.7 Å². The molecule has 2 aromatic rings. The molecule has 0 aromatic carbocycles. The Morgan fingerprint density at radius 2 is 2.25 bits per heavy atom. The van der Waals surface area contributed by atoms with Gasteiger partial charge in [0.2, 0.25) is 0 Å². The van der Waals surface area contributed by atoms with E-state index in [9.17, 15) is 4.79 Å². The summed E-state index contributed by atoms with van der Waals surface area (Å²) in [4.78, 5) is 11.8. The number of aromatic nitrogens is 5. The van der Waals surface area contributed by atoms with Crippen LogP contribution in [0.15, 0.2) is 15.0 Å². The van der Waals surface area contributed by atoms with E-state index in [1.807, 2.05) is 11.6 Å². The van der Waals surface area contributed by atoms with E-state index in [1.165, 1.54) is 11.8 Å². The van der Waals surface area contributed by atoms with Crippen molar-refractivity contribution in [3.63, 3.8) is 0 Å². The average molecular weight is 294 g/mol. The number of nitrogens with one attached hydrogen (secondary N) is 1. The minimum absolute atomic E-state index is 0.146. The lowest BCUT2D eigenvalue weighted by Crippen LogP contribution is -2.16. The Balaban J connectivity index is 1.97. The number of hydrogen-bond donors (Lipinski definition) is 2. The zero-order valence-electron chi connectivity index (χ0n) is 11.6. The second kappa shape index (κ2) is 5.01. The number of nitrogens with two attached hydrogens (primary N) is 1. The molecular formula is C12H18N6OS. The van der Waals surface area contributed by atoms with Crippen LogP contribution in [0.2, 0.25) is 0 Å². The number of H-pyrrole nitrogens is 1. The first-order valence-corrected chi connectivity index (χ1v) is 7.61. The van der Waals surface area contributed by atoms with Crippen LogP contribution in [0.5, 0.6) is 0 Å². The van der Waals surface area contributed by atoms with Gasteiger partial charge in [-0.05, 0) is 37.9 Å². The molecule has 0 radical (unpaired) electrons. The molecule has 1 fully saturated rings. The first kappa shape index (κ1) is 13.3. The Labute approximate surface area is 120 Å². The molecule has 1 saturated carbocycles. The van der Waals surface area contributed by atoms with Crippen LogP contribution in [0.1, 0.15) is 37.9 Å². The van der Waals surface area contributed by atoms with Crippen molar-refractivity contribution in [2.24, 2.45) is 0 Å². The first-order valence-electron chi connectivity index (χ1n) is 6.79. The Morgan fingerprint density at radius 1 is 1.50 bits per heavy atom. The summed E-state index contributed by atoms with van der Waals surface area (Å²) < 4.78 is 3.62. The number of anilines is 1. The highest BCUT2D eigenvalue weighted by Crippen LogP contribution is 2.39. The number of nitrogens with zero attached hydrogens (tertiary/aromatic N) is 4. The Bertz CT molecular complexity index is 681. The molecule has 8 heteroatoms. The molecule has 0 atom stereocenters. The SMILES string of the molecule is CCCn1nc(C)c(N)c1Sc1n[nH]c(=O)n1C1CC1. The molecule has 0 unspecified atom stereocenters. The normalized spacial score (nSPS) is 14.9. The molecule has 0 saturated heterocycles. The number of hydrogen-bond acceptors (Lipinski definition) is 5. The van der Waals surface area contributed by atoms with E-state index >= 15 is 0 Å². The highest BCUT2D eigenvalue weighted by molar-refractivity contribution is 7.99. The summed E-state index contributed by atoms with van der Waals surface area (Å²) in [7, 11) is 0. The van der Waals surface area contributed by atoms with Crippen molar-refractivity contribution >= 4 is 17.4 Å². The average Bonchev–Trinajstić information content (AvgIpc) is 3.13. The predicted molar refractivity (Wildman–Crippen MR) is 76.9 cm³/mol. The summed E-state index contributed by atoms with van der Waals surface area (Å²) >= 11 is 1.41. The molecule has 108 valence electrons. The van der Waals surface area contributed by atoms with E-state index < -0.39 is 0 Å². The fourth-order valence-electron chi connectivity index (χ4n) is 2.15. The molecule has 0 bridgehead atoms. The van der Waals surface area contributed by atoms with Gasteiger partial charge < -0.3 is 5.73 Å². The zero-order valence-corrected chi connectivity index (χ0v) is 12.4. The second-order valence-electron chi connectivity index (χ2n) is 5.04. The zero-order chi connectivity index (χ0) is 14.3. The molecule has 1 aliphatic carbocycles. The lowest BCUT2D eigenvalue weighted by Gasteiger charge is -2.07. The van der Waals surface area contributed by atoms with E-state index in [0.29, 0.717) is 10.8 Å². The van der Waals surface area contributed by atoms with Gasteiger partial charge in [0.05, 0.1) is 11.4 Å². The third kappa shape index (κ3) is 2.24. The van der Waals surface area contributed by atoms with Crippen molar-refractivity contribution in [3.05, 3.63) is 16.2 Å². The predicted octanol–water partition coefficient (Wildman–Crippen LogP) is 1.55. The van der Waals surface area contributed by atoms with Crippen molar-refractivity contribution < 1.29 is 0 Å². The summed E-state index contributed by atoms with van der Waals surface area (Å²) in [6.45, 7) is 4.79. The lowest BCUT2D eigenvalue weighted by molar-refractivity contribution is 0.554. The van der Waals surface area contributed by atoms with Gasteiger partial charge in [0.1, 0.15) is 5.03 Å². The number of aromatic amines is 1. The molecule has 1 aliphatic rings. The summed E-state index contributed by atoms with van der Waals surface area (Å²) in [6, 6.07) is 0.286. The van der Waals surface area contributed by atoms with Gasteiger partial charge in [0, 0.05) is 12.6 Å². The summed E-state index contributed by atoms with van der Waals surface area (Å²) in [6.07, 6.45) is 3.05. The molecule has 3 N–H and O–H groups in total. The van der Waals surface area contributed by atoms with Crippen LogP contribution in [0, 0.1) is 6.92 Å². The Morgan fingerprint density at radius 3 is 2.90 bits per heavy atom. The minimum atomic E-state index is -0.146. The highest BCUT2D eigenvalue weighted by Gasteiger charge is 2.29. The molecule has 0 aliphatic heterocycles. The van der Waals surface area contributed by atoms with Gasteiger partial charge in [-0.3, -0.25) is 9.25 Å². The van der Waals surface area contributed by atoms with Crippen molar-refractivity contribution in [1.82, 2.24) is 24.5 Å². The van der Waals surface area contributed by atoms with Crippen LogP contribution in [-0.2, 0) is 6.54 Å². The molecule has 0 spiro atoms. The Kier molecular flexibility index (Phi) is 3.33. The van der Waals surface area contributed by atoms with Gasteiger partial charge in [-0.25, -0.2) is 9.89 Å². The van der Waals surface area contributed by atoms with E-state index in [2.05, 4.69) is 22.2 Å². The smallest absolute Gasteiger partial charge is 0.344 e. The standard InChI is InChI=1S/C12H18N6OS/c1-3-6-17-10(9(13)7(2)16-17)20-12-15-14-11(19)18(12)8-4-5-8/h8H,3-6,13H2,1-2H3,(H,14,19). The van der Waals surface area contributed by atoms with Crippen LogP contribution in [0.4, 0.5) is 5.69 Å². The Hall–Kier alpha value is -1.70. The fourth-order valence-corrected chi connectivity index (χ4v) is 3.24. The molecule has 0 amide bonds. The highest BCUT2D eigenvalue weighted by atomic mass is 32.2. The second-order valence-corrected chi connectivity index (χ2v) is 6.00. The molecule has 2 heterocycles. The maximum atomic E-state index is 11.8.